The lowest BCUT2D eigenvalue weighted by atomic mass is 9.99. The van der Waals surface area contributed by atoms with Crippen LogP contribution in [0.15, 0.2) is 29.4 Å². The molecular weight excluding hydrogens is 326 g/mol. The number of guanidine groups is 1. The Morgan fingerprint density at radius 2 is 2.08 bits per heavy atom. The summed E-state index contributed by atoms with van der Waals surface area (Å²) in [7, 11) is 0. The molecule has 0 aromatic carbocycles. The summed E-state index contributed by atoms with van der Waals surface area (Å²) < 4.78 is 1.98. The van der Waals surface area contributed by atoms with Crippen LogP contribution in [0.2, 0.25) is 0 Å². The maximum absolute atomic E-state index is 4.66. The van der Waals surface area contributed by atoms with Gasteiger partial charge in [0.25, 0.3) is 0 Å². The van der Waals surface area contributed by atoms with Crippen molar-refractivity contribution < 1.29 is 0 Å². The molecule has 2 N–H and O–H groups in total. The molecule has 7 nitrogen and oxygen atoms in total. The van der Waals surface area contributed by atoms with Crippen LogP contribution in [0.3, 0.4) is 0 Å². The third kappa shape index (κ3) is 5.17. The smallest absolute Gasteiger partial charge is 0.191 e. The topological polar surface area (TPSA) is 69.8 Å². The largest absolute Gasteiger partial charge is 0.357 e. The number of nitrogens with zero attached hydrogens (tertiary/aromatic N) is 5. The van der Waals surface area contributed by atoms with Crippen molar-refractivity contribution >= 4 is 11.6 Å². The summed E-state index contributed by atoms with van der Waals surface area (Å²) in [5, 5.41) is 15.1. The zero-order valence-corrected chi connectivity index (χ0v) is 16.0. The van der Waals surface area contributed by atoms with E-state index in [1.54, 1.807) is 0 Å². The van der Waals surface area contributed by atoms with E-state index >= 15 is 0 Å². The second-order valence-electron chi connectivity index (χ2n) is 7.04. The summed E-state index contributed by atoms with van der Waals surface area (Å²) in [6.45, 7) is 10.4. The molecule has 1 aliphatic heterocycles. The van der Waals surface area contributed by atoms with Crippen molar-refractivity contribution in [3.05, 3.63) is 30.2 Å². The first-order valence-corrected chi connectivity index (χ1v) is 9.79. The number of pyridine rings is 1. The molecule has 0 spiro atoms. The second-order valence-corrected chi connectivity index (χ2v) is 7.04. The number of likely N-dealkylation sites (tertiary alicyclic amines) is 1. The number of hydrogen-bond donors (Lipinski definition) is 2. The Morgan fingerprint density at radius 1 is 1.23 bits per heavy atom. The van der Waals surface area contributed by atoms with E-state index in [2.05, 4.69) is 44.6 Å². The molecule has 2 aromatic heterocycles. The van der Waals surface area contributed by atoms with Crippen LogP contribution in [0.25, 0.3) is 5.65 Å². The van der Waals surface area contributed by atoms with Crippen LogP contribution >= 0.6 is 0 Å². The molecule has 26 heavy (non-hydrogen) atoms. The van der Waals surface area contributed by atoms with Gasteiger partial charge >= 0.3 is 0 Å². The maximum Gasteiger partial charge on any atom is 0.191 e. The molecule has 0 atom stereocenters. The number of fused-ring (bicyclic) bond motifs is 1. The van der Waals surface area contributed by atoms with Crippen LogP contribution in [0, 0.1) is 5.92 Å². The fourth-order valence-electron chi connectivity index (χ4n) is 3.29. The van der Waals surface area contributed by atoms with Gasteiger partial charge in [-0.15, -0.1) is 10.2 Å². The van der Waals surface area contributed by atoms with Gasteiger partial charge < -0.3 is 15.5 Å². The zero-order valence-electron chi connectivity index (χ0n) is 16.0. The molecule has 1 saturated heterocycles. The summed E-state index contributed by atoms with van der Waals surface area (Å²) >= 11 is 0. The van der Waals surface area contributed by atoms with Crippen LogP contribution in [0.1, 0.15) is 38.9 Å². The molecule has 0 aliphatic carbocycles. The van der Waals surface area contributed by atoms with E-state index < -0.39 is 0 Å². The number of aromatic nitrogens is 3. The summed E-state index contributed by atoms with van der Waals surface area (Å²) in [4.78, 5) is 7.24. The molecule has 0 radical (unpaired) electrons. The van der Waals surface area contributed by atoms with Crippen molar-refractivity contribution in [1.82, 2.24) is 30.1 Å². The molecule has 0 saturated carbocycles. The average Bonchev–Trinajstić information content (AvgIpc) is 3.08. The van der Waals surface area contributed by atoms with Gasteiger partial charge in [0.15, 0.2) is 17.4 Å². The summed E-state index contributed by atoms with van der Waals surface area (Å²) in [6.07, 6.45) is 5.78. The Kier molecular flexibility index (Phi) is 6.82. The maximum atomic E-state index is 4.66. The van der Waals surface area contributed by atoms with Crippen molar-refractivity contribution in [3.63, 3.8) is 0 Å². The normalized spacial score (nSPS) is 16.9. The van der Waals surface area contributed by atoms with E-state index in [0.717, 1.165) is 49.4 Å². The Morgan fingerprint density at radius 3 is 2.88 bits per heavy atom. The number of piperidine rings is 1. The van der Waals surface area contributed by atoms with Crippen LogP contribution in [-0.4, -0.2) is 58.2 Å². The molecule has 3 heterocycles. The van der Waals surface area contributed by atoms with Gasteiger partial charge in [-0.3, -0.25) is 4.40 Å². The average molecular weight is 358 g/mol. The van der Waals surface area contributed by atoms with Gasteiger partial charge in [0.2, 0.25) is 0 Å². The minimum Gasteiger partial charge on any atom is -0.357 e. The molecule has 2 aromatic rings. The first kappa shape index (κ1) is 18.6. The van der Waals surface area contributed by atoms with Gasteiger partial charge in [-0.2, -0.15) is 0 Å². The van der Waals surface area contributed by atoms with Crippen molar-refractivity contribution in [2.45, 2.75) is 39.7 Å². The van der Waals surface area contributed by atoms with Gasteiger partial charge in [0, 0.05) is 19.3 Å². The number of nitrogens with one attached hydrogen (secondary N) is 2. The molecule has 0 amide bonds. The van der Waals surface area contributed by atoms with E-state index in [9.17, 15) is 0 Å². The Hall–Kier alpha value is -2.15. The highest BCUT2D eigenvalue weighted by molar-refractivity contribution is 5.79. The van der Waals surface area contributed by atoms with Gasteiger partial charge in [-0.05, 0) is 63.9 Å². The van der Waals surface area contributed by atoms with E-state index in [-0.39, 0.29) is 0 Å². The SMILES string of the molecule is CCNC(=NCc1nnc2ccccn12)NCCCN1CCC(C)CC1. The molecule has 1 fully saturated rings. The van der Waals surface area contributed by atoms with Crippen molar-refractivity contribution in [3.8, 4) is 0 Å². The molecule has 3 rings (SSSR count). The quantitative estimate of drug-likeness (QED) is 0.450. The lowest BCUT2D eigenvalue weighted by Gasteiger charge is -2.30. The first-order valence-electron chi connectivity index (χ1n) is 9.79. The highest BCUT2D eigenvalue weighted by Gasteiger charge is 2.14. The molecular formula is C19H31N7. The molecule has 1 aliphatic rings. The van der Waals surface area contributed by atoms with E-state index in [4.69, 9.17) is 0 Å². The minimum atomic E-state index is 0.504. The predicted molar refractivity (Wildman–Crippen MR) is 105 cm³/mol. The first-order chi connectivity index (χ1) is 12.8. The highest BCUT2D eigenvalue weighted by atomic mass is 15.3. The fourth-order valence-corrected chi connectivity index (χ4v) is 3.29. The fraction of sp³-hybridized carbons (Fsp3) is 0.632. The van der Waals surface area contributed by atoms with Crippen molar-refractivity contribution in [1.29, 1.82) is 0 Å². The molecule has 142 valence electrons. The Balaban J connectivity index is 1.46. The monoisotopic (exact) mass is 357 g/mol. The second kappa shape index (κ2) is 9.52. The molecule has 0 bridgehead atoms. The minimum absolute atomic E-state index is 0.504. The van der Waals surface area contributed by atoms with Crippen LogP contribution in [-0.2, 0) is 6.54 Å². The third-order valence-electron chi connectivity index (χ3n) is 4.93. The zero-order chi connectivity index (χ0) is 18.2. The summed E-state index contributed by atoms with van der Waals surface area (Å²) in [5.41, 5.74) is 0.853. The lowest BCUT2D eigenvalue weighted by molar-refractivity contribution is 0.191. The Labute approximate surface area is 155 Å². The number of rotatable bonds is 7. The van der Waals surface area contributed by atoms with Gasteiger partial charge in [-0.1, -0.05) is 13.0 Å². The number of aliphatic imine (C=N–C) groups is 1. The van der Waals surface area contributed by atoms with Gasteiger partial charge in [0.1, 0.15) is 6.54 Å². The summed E-state index contributed by atoms with van der Waals surface area (Å²) in [6, 6.07) is 5.89. The number of hydrogen-bond acceptors (Lipinski definition) is 4. The van der Waals surface area contributed by atoms with Crippen LogP contribution in [0.5, 0.6) is 0 Å². The third-order valence-corrected chi connectivity index (χ3v) is 4.93. The van der Waals surface area contributed by atoms with E-state index in [1.807, 2.05) is 28.8 Å². The van der Waals surface area contributed by atoms with E-state index in [0.29, 0.717) is 6.54 Å². The van der Waals surface area contributed by atoms with Crippen LogP contribution in [0.4, 0.5) is 0 Å². The van der Waals surface area contributed by atoms with Crippen molar-refractivity contribution in [2.75, 3.05) is 32.7 Å². The predicted octanol–water partition coefficient (Wildman–Crippen LogP) is 1.91. The molecule has 0 unspecified atom stereocenters. The van der Waals surface area contributed by atoms with Gasteiger partial charge in [-0.25, -0.2) is 4.99 Å². The standard InChI is InChI=1S/C19H31N7/c1-3-20-19(21-10-6-11-25-13-8-16(2)9-14-25)22-15-18-24-23-17-7-4-5-12-26(17)18/h4-5,7,12,16H,3,6,8-11,13-15H2,1-2H3,(H2,20,21,22). The highest BCUT2D eigenvalue weighted by Crippen LogP contribution is 2.15. The summed E-state index contributed by atoms with van der Waals surface area (Å²) in [5.74, 6) is 2.58. The molecule has 7 heteroatoms. The van der Waals surface area contributed by atoms with Crippen LogP contribution < -0.4 is 10.6 Å². The van der Waals surface area contributed by atoms with E-state index in [1.165, 1.54) is 25.9 Å². The Bertz CT molecular complexity index is 701. The lowest BCUT2D eigenvalue weighted by Crippen LogP contribution is -2.39. The van der Waals surface area contributed by atoms with Crippen molar-refractivity contribution in [2.24, 2.45) is 10.9 Å². The van der Waals surface area contributed by atoms with Gasteiger partial charge in [0.05, 0.1) is 0 Å².